The van der Waals surface area contributed by atoms with Gasteiger partial charge in [0.25, 0.3) is 0 Å². The summed E-state index contributed by atoms with van der Waals surface area (Å²) in [6.45, 7) is 2.56. The smallest absolute Gasteiger partial charge is 0.231 e. The first-order chi connectivity index (χ1) is 14.0. The second-order valence-electron chi connectivity index (χ2n) is 7.74. The van der Waals surface area contributed by atoms with Gasteiger partial charge < -0.3 is 20.1 Å². The lowest BCUT2D eigenvalue weighted by Crippen LogP contribution is -2.44. The maximum absolute atomic E-state index is 12.4. The van der Waals surface area contributed by atoms with Gasteiger partial charge in [0, 0.05) is 24.1 Å². The molecule has 152 valence electrons. The Bertz CT molecular complexity index is 930. The summed E-state index contributed by atoms with van der Waals surface area (Å²) in [4.78, 5) is 28.8. The van der Waals surface area contributed by atoms with Crippen molar-refractivity contribution in [3.63, 3.8) is 0 Å². The van der Waals surface area contributed by atoms with Crippen molar-refractivity contribution in [2.24, 2.45) is 0 Å². The van der Waals surface area contributed by atoms with Crippen LogP contribution in [0.4, 0.5) is 0 Å². The molecule has 0 aliphatic carbocycles. The zero-order valence-corrected chi connectivity index (χ0v) is 16.5. The second-order valence-corrected chi connectivity index (χ2v) is 7.74. The summed E-state index contributed by atoms with van der Waals surface area (Å²) >= 11 is 0. The first-order valence-electron chi connectivity index (χ1n) is 9.90. The van der Waals surface area contributed by atoms with E-state index in [4.69, 9.17) is 9.47 Å². The van der Waals surface area contributed by atoms with Gasteiger partial charge in [0.2, 0.25) is 18.6 Å². The van der Waals surface area contributed by atoms with Crippen molar-refractivity contribution in [2.75, 3.05) is 6.79 Å². The van der Waals surface area contributed by atoms with Crippen molar-refractivity contribution < 1.29 is 19.1 Å². The van der Waals surface area contributed by atoms with Gasteiger partial charge in [-0.15, -0.1) is 0 Å². The van der Waals surface area contributed by atoms with E-state index >= 15 is 0 Å². The molecule has 1 saturated heterocycles. The lowest BCUT2D eigenvalue weighted by molar-refractivity contribution is -0.122. The maximum Gasteiger partial charge on any atom is 0.231 e. The van der Waals surface area contributed by atoms with Crippen LogP contribution in [0.2, 0.25) is 0 Å². The fourth-order valence-electron chi connectivity index (χ4n) is 3.95. The topological polar surface area (TPSA) is 89.5 Å². The molecular weight excluding hydrogens is 370 g/mol. The first-order valence-corrected chi connectivity index (χ1v) is 9.90. The number of aromatic nitrogens is 1. The molecule has 0 saturated carbocycles. The van der Waals surface area contributed by atoms with E-state index in [9.17, 15) is 9.59 Å². The Morgan fingerprint density at radius 2 is 2.10 bits per heavy atom. The van der Waals surface area contributed by atoms with Gasteiger partial charge in [0.15, 0.2) is 11.5 Å². The van der Waals surface area contributed by atoms with Crippen molar-refractivity contribution in [3.8, 4) is 11.5 Å². The number of nitrogens with one attached hydrogen (secondary N) is 2. The van der Waals surface area contributed by atoms with Crippen LogP contribution >= 0.6 is 0 Å². The van der Waals surface area contributed by atoms with Crippen molar-refractivity contribution in [1.82, 2.24) is 15.6 Å². The van der Waals surface area contributed by atoms with E-state index in [1.165, 1.54) is 0 Å². The van der Waals surface area contributed by atoms with E-state index < -0.39 is 5.54 Å². The average Bonchev–Trinajstić information content (AvgIpc) is 3.31. The van der Waals surface area contributed by atoms with E-state index in [1.807, 2.05) is 43.3 Å². The van der Waals surface area contributed by atoms with Crippen LogP contribution < -0.4 is 20.1 Å². The molecule has 0 spiro atoms. The lowest BCUT2D eigenvalue weighted by atomic mass is 9.85. The fraction of sp³-hybridized carbons (Fsp3) is 0.409. The minimum Gasteiger partial charge on any atom is -0.454 e. The molecule has 1 unspecified atom stereocenters. The number of benzene rings is 1. The van der Waals surface area contributed by atoms with Gasteiger partial charge in [-0.25, -0.2) is 0 Å². The zero-order chi connectivity index (χ0) is 20.3. The third kappa shape index (κ3) is 4.67. The summed E-state index contributed by atoms with van der Waals surface area (Å²) < 4.78 is 10.8. The Labute approximate surface area is 169 Å². The number of hydrogen-bond acceptors (Lipinski definition) is 5. The number of hydrogen-bond donors (Lipinski definition) is 2. The molecule has 0 bridgehead atoms. The molecule has 1 fully saturated rings. The second kappa shape index (κ2) is 8.11. The van der Waals surface area contributed by atoms with E-state index in [2.05, 4.69) is 15.6 Å². The SMILES string of the molecule is Cc1cccc(CNC(=O)CCC2(Cc3ccc4c(c3)OCO4)CCC(=O)N2)n1. The molecule has 2 N–H and O–H groups in total. The lowest BCUT2D eigenvalue weighted by Gasteiger charge is -2.29. The van der Waals surface area contributed by atoms with Gasteiger partial charge in [-0.3, -0.25) is 14.6 Å². The summed E-state index contributed by atoms with van der Waals surface area (Å²) in [5.74, 6) is 1.46. The Morgan fingerprint density at radius 1 is 1.24 bits per heavy atom. The predicted octanol–water partition coefficient (Wildman–Crippen LogP) is 2.41. The molecule has 1 atom stereocenters. The molecule has 2 aromatic rings. The van der Waals surface area contributed by atoms with Crippen LogP contribution in [0, 0.1) is 6.92 Å². The van der Waals surface area contributed by atoms with Gasteiger partial charge in [-0.2, -0.15) is 0 Å². The van der Waals surface area contributed by atoms with E-state index in [0.717, 1.165) is 28.5 Å². The third-order valence-corrected chi connectivity index (χ3v) is 5.46. The maximum atomic E-state index is 12.4. The van der Waals surface area contributed by atoms with Crippen molar-refractivity contribution >= 4 is 11.8 Å². The third-order valence-electron chi connectivity index (χ3n) is 5.46. The van der Waals surface area contributed by atoms with Crippen molar-refractivity contribution in [3.05, 3.63) is 53.3 Å². The van der Waals surface area contributed by atoms with Crippen LogP contribution in [0.5, 0.6) is 11.5 Å². The van der Waals surface area contributed by atoms with Gasteiger partial charge in [0.05, 0.1) is 12.2 Å². The first kappa shape index (κ1) is 19.2. The van der Waals surface area contributed by atoms with E-state index in [0.29, 0.717) is 38.6 Å². The fourth-order valence-corrected chi connectivity index (χ4v) is 3.95. The monoisotopic (exact) mass is 395 g/mol. The van der Waals surface area contributed by atoms with Gasteiger partial charge in [-0.05, 0) is 56.0 Å². The van der Waals surface area contributed by atoms with Crippen LogP contribution in [0.15, 0.2) is 36.4 Å². The molecule has 1 aromatic heterocycles. The van der Waals surface area contributed by atoms with Gasteiger partial charge in [0.1, 0.15) is 0 Å². The number of carbonyl (C=O) groups excluding carboxylic acids is 2. The number of aryl methyl sites for hydroxylation is 1. The highest BCUT2D eigenvalue weighted by Crippen LogP contribution is 2.35. The van der Waals surface area contributed by atoms with E-state index in [1.54, 1.807) is 0 Å². The normalized spacial score (nSPS) is 19.8. The highest BCUT2D eigenvalue weighted by molar-refractivity contribution is 5.80. The van der Waals surface area contributed by atoms with Crippen LogP contribution in [-0.4, -0.2) is 29.1 Å². The number of pyridine rings is 1. The number of amides is 2. The van der Waals surface area contributed by atoms with Crippen molar-refractivity contribution in [2.45, 2.75) is 51.1 Å². The molecule has 4 rings (SSSR count). The standard InChI is InChI=1S/C22H25N3O4/c1-15-3-2-4-17(24-15)13-23-20(26)7-9-22(10-8-21(27)25-22)12-16-5-6-18-19(11-16)29-14-28-18/h2-6,11H,7-10,12-14H2,1H3,(H,23,26)(H,25,27). The molecule has 7 heteroatoms. The highest BCUT2D eigenvalue weighted by Gasteiger charge is 2.38. The minimum atomic E-state index is -0.413. The molecule has 7 nitrogen and oxygen atoms in total. The van der Waals surface area contributed by atoms with E-state index in [-0.39, 0.29) is 18.6 Å². The predicted molar refractivity (Wildman–Crippen MR) is 106 cm³/mol. The molecule has 3 heterocycles. The summed E-state index contributed by atoms with van der Waals surface area (Å²) in [5.41, 5.74) is 2.40. The largest absolute Gasteiger partial charge is 0.454 e. The molecule has 2 aliphatic heterocycles. The Morgan fingerprint density at radius 3 is 2.90 bits per heavy atom. The Balaban J connectivity index is 1.37. The average molecular weight is 395 g/mol. The molecule has 29 heavy (non-hydrogen) atoms. The highest BCUT2D eigenvalue weighted by atomic mass is 16.7. The summed E-state index contributed by atoms with van der Waals surface area (Å²) in [6.07, 6.45) is 2.78. The molecule has 0 radical (unpaired) electrons. The molecule has 1 aromatic carbocycles. The number of fused-ring (bicyclic) bond motifs is 1. The molecular formula is C22H25N3O4. The van der Waals surface area contributed by atoms with Crippen LogP contribution in [-0.2, 0) is 22.6 Å². The zero-order valence-electron chi connectivity index (χ0n) is 16.5. The number of rotatable bonds is 7. The Kier molecular flexibility index (Phi) is 5.38. The summed E-state index contributed by atoms with van der Waals surface area (Å²) in [5, 5.41) is 6.04. The van der Waals surface area contributed by atoms with Gasteiger partial charge >= 0.3 is 0 Å². The minimum absolute atomic E-state index is 0.0371. The quantitative estimate of drug-likeness (QED) is 0.752. The summed E-state index contributed by atoms with van der Waals surface area (Å²) in [7, 11) is 0. The van der Waals surface area contributed by atoms with Crippen LogP contribution in [0.1, 0.15) is 42.6 Å². The number of carbonyl (C=O) groups is 2. The molecule has 2 amide bonds. The van der Waals surface area contributed by atoms with Crippen LogP contribution in [0.25, 0.3) is 0 Å². The molecule has 2 aliphatic rings. The van der Waals surface area contributed by atoms with Gasteiger partial charge in [-0.1, -0.05) is 12.1 Å². The number of ether oxygens (including phenoxy) is 2. The Hall–Kier alpha value is -3.09. The van der Waals surface area contributed by atoms with Crippen LogP contribution in [0.3, 0.4) is 0 Å². The summed E-state index contributed by atoms with van der Waals surface area (Å²) in [6, 6.07) is 11.6. The number of nitrogens with zero attached hydrogens (tertiary/aromatic N) is 1. The van der Waals surface area contributed by atoms with Crippen molar-refractivity contribution in [1.29, 1.82) is 0 Å².